The van der Waals surface area contributed by atoms with E-state index in [9.17, 15) is 13.2 Å². The Hall–Kier alpha value is -2.02. The van der Waals surface area contributed by atoms with Crippen LogP contribution in [0, 0.1) is 0 Å². The minimum Gasteiger partial charge on any atom is -0.452 e. The van der Waals surface area contributed by atoms with E-state index in [0.29, 0.717) is 10.6 Å². The van der Waals surface area contributed by atoms with Gasteiger partial charge < -0.3 is 8.60 Å². The first-order valence-electron chi connectivity index (χ1n) is 6.67. The smallest absolute Gasteiger partial charge is 0.306 e. The molecule has 0 aliphatic heterocycles. The average molecular weight is 385 g/mol. The van der Waals surface area contributed by atoms with Crippen LogP contribution in [0.2, 0.25) is 10.0 Å². The number of benzene rings is 2. The van der Waals surface area contributed by atoms with Gasteiger partial charge in [-0.3, -0.25) is 4.79 Å². The van der Waals surface area contributed by atoms with Crippen LogP contribution in [0.5, 0.6) is 5.75 Å². The maximum absolute atomic E-state index is 12.7. The zero-order chi connectivity index (χ0) is 17.5. The van der Waals surface area contributed by atoms with Crippen LogP contribution in [0.15, 0.2) is 51.7 Å². The Morgan fingerprint density at radius 3 is 2.46 bits per heavy atom. The molecule has 0 N–H and O–H groups in total. The number of hydrogen-bond acceptors (Lipinski definition) is 5. The van der Waals surface area contributed by atoms with Crippen molar-refractivity contribution >= 4 is 44.3 Å². The molecule has 0 saturated heterocycles. The largest absolute Gasteiger partial charge is 0.452 e. The molecule has 24 heavy (non-hydrogen) atoms. The van der Waals surface area contributed by atoms with Gasteiger partial charge in [-0.05, 0) is 30.3 Å². The van der Waals surface area contributed by atoms with Crippen LogP contribution in [0.3, 0.4) is 0 Å². The normalized spacial score (nSPS) is 11.6. The molecule has 3 rings (SSSR count). The minimum atomic E-state index is -3.96. The molecule has 5 nitrogen and oxygen atoms in total. The van der Waals surface area contributed by atoms with E-state index >= 15 is 0 Å². The van der Waals surface area contributed by atoms with Crippen molar-refractivity contribution in [3.8, 4) is 17.1 Å². The molecule has 2 aromatic carbocycles. The second kappa shape index (κ2) is 6.12. The van der Waals surface area contributed by atoms with Crippen molar-refractivity contribution in [2.45, 2.75) is 0 Å². The zero-order valence-corrected chi connectivity index (χ0v) is 14.6. The fourth-order valence-electron chi connectivity index (χ4n) is 2.20. The lowest BCUT2D eigenvalue weighted by atomic mass is 10.1. The molecule has 3 aromatic rings. The van der Waals surface area contributed by atoms with E-state index in [1.807, 2.05) is 0 Å². The molecule has 0 spiro atoms. The Balaban J connectivity index is 2.43. The molecule has 0 fully saturated rings. The van der Waals surface area contributed by atoms with Crippen LogP contribution in [0.25, 0.3) is 22.3 Å². The number of fused-ring (bicyclic) bond motifs is 1. The first-order chi connectivity index (χ1) is 11.3. The van der Waals surface area contributed by atoms with Crippen molar-refractivity contribution in [1.29, 1.82) is 0 Å². The molecule has 0 radical (unpaired) electrons. The molecule has 1 aromatic heterocycles. The molecule has 1 heterocycles. The van der Waals surface area contributed by atoms with E-state index in [0.717, 1.165) is 6.26 Å². The van der Waals surface area contributed by atoms with Crippen LogP contribution >= 0.6 is 23.2 Å². The summed E-state index contributed by atoms with van der Waals surface area (Å²) in [5.41, 5.74) is -0.0777. The fraction of sp³-hybridized carbons (Fsp3) is 0.0625. The monoisotopic (exact) mass is 384 g/mol. The van der Waals surface area contributed by atoms with Crippen molar-refractivity contribution in [1.82, 2.24) is 0 Å². The fourth-order valence-corrected chi connectivity index (χ4v) is 3.05. The highest BCUT2D eigenvalue weighted by atomic mass is 35.5. The number of rotatable bonds is 3. The van der Waals surface area contributed by atoms with Crippen LogP contribution in [0.4, 0.5) is 0 Å². The van der Waals surface area contributed by atoms with Gasteiger partial charge in [-0.1, -0.05) is 35.3 Å². The van der Waals surface area contributed by atoms with Crippen LogP contribution in [-0.4, -0.2) is 14.7 Å². The van der Waals surface area contributed by atoms with Gasteiger partial charge in [-0.25, -0.2) is 0 Å². The highest BCUT2D eigenvalue weighted by molar-refractivity contribution is 7.86. The van der Waals surface area contributed by atoms with Gasteiger partial charge in [0.05, 0.1) is 16.7 Å². The minimum absolute atomic E-state index is 0.0640. The molecular formula is C16H10Cl2O5S. The Labute approximate surface area is 147 Å². The highest BCUT2D eigenvalue weighted by Gasteiger charge is 2.22. The Kier molecular flexibility index (Phi) is 4.29. The Morgan fingerprint density at radius 2 is 1.79 bits per heavy atom. The summed E-state index contributed by atoms with van der Waals surface area (Å²) >= 11 is 12.0. The summed E-state index contributed by atoms with van der Waals surface area (Å²) in [5, 5.41) is 0.704. The van der Waals surface area contributed by atoms with Gasteiger partial charge in [0, 0.05) is 10.6 Å². The van der Waals surface area contributed by atoms with Crippen molar-refractivity contribution in [3.05, 3.63) is 62.7 Å². The molecule has 0 aliphatic carbocycles. The number of halogens is 2. The summed E-state index contributed by atoms with van der Waals surface area (Å²) in [5.74, 6) is -0.522. The molecule has 0 unspecified atom stereocenters. The average Bonchev–Trinajstić information content (AvgIpc) is 2.50. The molecular weight excluding hydrogens is 375 g/mol. The molecule has 124 valence electrons. The van der Waals surface area contributed by atoms with E-state index in [2.05, 4.69) is 0 Å². The topological polar surface area (TPSA) is 73.6 Å². The van der Waals surface area contributed by atoms with Crippen LogP contribution in [-0.2, 0) is 10.1 Å². The van der Waals surface area contributed by atoms with Gasteiger partial charge >= 0.3 is 10.1 Å². The van der Waals surface area contributed by atoms with Gasteiger partial charge in [0.25, 0.3) is 0 Å². The van der Waals surface area contributed by atoms with Gasteiger partial charge in [0.2, 0.25) is 11.2 Å². The summed E-state index contributed by atoms with van der Waals surface area (Å²) in [6, 6.07) is 11.0. The molecule has 0 bridgehead atoms. The van der Waals surface area contributed by atoms with Gasteiger partial charge in [-0.2, -0.15) is 8.42 Å². The van der Waals surface area contributed by atoms with Gasteiger partial charge in [0.15, 0.2) is 5.76 Å². The van der Waals surface area contributed by atoms with Gasteiger partial charge in [-0.15, -0.1) is 0 Å². The van der Waals surface area contributed by atoms with Crippen LogP contribution in [0.1, 0.15) is 0 Å². The Bertz CT molecular complexity index is 1100. The first kappa shape index (κ1) is 16.8. The third kappa shape index (κ3) is 3.26. The quantitative estimate of drug-likeness (QED) is 0.635. The summed E-state index contributed by atoms with van der Waals surface area (Å²) in [7, 11) is -3.96. The molecule has 8 heteroatoms. The predicted molar refractivity (Wildman–Crippen MR) is 93.4 cm³/mol. The van der Waals surface area contributed by atoms with Crippen molar-refractivity contribution < 1.29 is 17.0 Å². The molecule has 0 atom stereocenters. The lowest BCUT2D eigenvalue weighted by Crippen LogP contribution is -2.15. The SMILES string of the molecule is CS(=O)(=O)Oc1c(-c2ccccc2Cl)oc2ccc(Cl)cc2c1=O. The molecule has 0 aliphatic rings. The van der Waals surface area contributed by atoms with E-state index in [1.165, 1.54) is 12.1 Å². The molecule has 0 amide bonds. The summed E-state index contributed by atoms with van der Waals surface area (Å²) in [4.78, 5) is 12.7. The lowest BCUT2D eigenvalue weighted by Gasteiger charge is -2.11. The summed E-state index contributed by atoms with van der Waals surface area (Å²) in [6.07, 6.45) is 0.838. The second-order valence-electron chi connectivity index (χ2n) is 5.00. The van der Waals surface area contributed by atoms with E-state index < -0.39 is 21.3 Å². The zero-order valence-electron chi connectivity index (χ0n) is 12.2. The van der Waals surface area contributed by atoms with Gasteiger partial charge in [0.1, 0.15) is 5.58 Å². The summed E-state index contributed by atoms with van der Waals surface area (Å²) < 4.78 is 33.7. The van der Waals surface area contributed by atoms with E-state index in [4.69, 9.17) is 31.8 Å². The maximum atomic E-state index is 12.7. The van der Waals surface area contributed by atoms with E-state index in [-0.39, 0.29) is 21.8 Å². The van der Waals surface area contributed by atoms with Crippen molar-refractivity contribution in [3.63, 3.8) is 0 Å². The standard InChI is InChI=1S/C16H10Cl2O5S/c1-24(20,21)23-16-14(19)11-8-9(17)6-7-13(11)22-15(16)10-4-2-3-5-12(10)18/h2-8H,1H3. The van der Waals surface area contributed by atoms with Crippen molar-refractivity contribution in [2.75, 3.05) is 6.26 Å². The van der Waals surface area contributed by atoms with Crippen molar-refractivity contribution in [2.24, 2.45) is 0 Å². The predicted octanol–water partition coefficient (Wildman–Crippen LogP) is 4.11. The Morgan fingerprint density at radius 1 is 1.08 bits per heavy atom. The maximum Gasteiger partial charge on any atom is 0.306 e. The third-order valence-corrected chi connectivity index (χ3v) is 4.20. The first-order valence-corrected chi connectivity index (χ1v) is 9.24. The summed E-state index contributed by atoms with van der Waals surface area (Å²) in [6.45, 7) is 0. The second-order valence-corrected chi connectivity index (χ2v) is 7.42. The van der Waals surface area contributed by atoms with Crippen LogP contribution < -0.4 is 9.61 Å². The number of hydrogen-bond donors (Lipinski definition) is 0. The third-order valence-electron chi connectivity index (χ3n) is 3.16. The lowest BCUT2D eigenvalue weighted by molar-refractivity contribution is 0.478. The highest BCUT2D eigenvalue weighted by Crippen LogP contribution is 2.36. The van der Waals surface area contributed by atoms with E-state index in [1.54, 1.807) is 30.3 Å². The molecule has 0 saturated carbocycles.